The zero-order chi connectivity index (χ0) is 49.6. The molecule has 0 N–H and O–H groups in total. The topological polar surface area (TPSA) is 0 Å². The van der Waals surface area contributed by atoms with Crippen LogP contribution in [0.15, 0.2) is 205 Å². The minimum absolute atomic E-state index is 0.346. The van der Waals surface area contributed by atoms with E-state index in [1.165, 1.54) is 163 Å². The number of hydrogen-bond acceptors (Lipinski definition) is 0. The third-order valence-corrected chi connectivity index (χ3v) is 36.2. The maximum atomic E-state index is 2.96. The summed E-state index contributed by atoms with van der Waals surface area (Å²) in [6, 6.07) is 74.8. The summed E-state index contributed by atoms with van der Waals surface area (Å²) in [6.07, 6.45) is 18.8. The van der Waals surface area contributed by atoms with Gasteiger partial charge in [0.25, 0.3) is 0 Å². The van der Waals surface area contributed by atoms with Crippen molar-refractivity contribution in [3.63, 3.8) is 0 Å². The second kappa shape index (κ2) is 18.3. The van der Waals surface area contributed by atoms with Gasteiger partial charge in [-0.05, 0) is 0 Å². The molecule has 0 saturated heterocycles. The fraction of sp³-hybridized carbons (Fsp3) is 0.222. The van der Waals surface area contributed by atoms with Crippen LogP contribution < -0.4 is 0 Å². The van der Waals surface area contributed by atoms with Crippen molar-refractivity contribution in [3.05, 3.63) is 228 Å². The standard InChI is InChI=1S/2C35H29.2CH3.H2Si.Zr/c2*1-2-10-24(9-1)21-25-22-34-32(30-17-7-13-26-11-3-5-15-28(26)30)19-20-33(35(34)23-25)31-18-8-14-27-12-4-6-16-29(27)31;;;;/h2*3-8,11-20,22-24H,1-2,9-10,21H2;2*1H3;1H2;. The molecule has 0 heterocycles. The van der Waals surface area contributed by atoms with Gasteiger partial charge in [0, 0.05) is 0 Å². The van der Waals surface area contributed by atoms with E-state index in [0.29, 0.717) is 7.25 Å². The summed E-state index contributed by atoms with van der Waals surface area (Å²) in [6.45, 7) is 2.59. The Bertz CT molecular complexity index is 3760. The van der Waals surface area contributed by atoms with Crippen LogP contribution in [-0.2, 0) is 17.4 Å². The molecule has 2 atom stereocenters. The molecule has 0 spiro atoms. The van der Waals surface area contributed by atoms with Crippen molar-refractivity contribution in [1.82, 2.24) is 0 Å². The average Bonchev–Trinajstić information content (AvgIpc) is 4.29. The Morgan fingerprint density at radius 2 is 0.622 bits per heavy atom. The molecule has 74 heavy (non-hydrogen) atoms. The number of rotatable bonds is 10. The Balaban J connectivity index is 1.09. The number of benzene rings is 10. The van der Waals surface area contributed by atoms with E-state index in [-0.39, 0.29) is 0 Å². The molecule has 10 aromatic carbocycles. The summed E-state index contributed by atoms with van der Waals surface area (Å²) in [7, 11) is 0. The van der Waals surface area contributed by atoms with Crippen LogP contribution in [0.2, 0.25) is 9.26 Å². The third kappa shape index (κ3) is 7.68. The van der Waals surface area contributed by atoms with Crippen molar-refractivity contribution < 1.29 is 17.4 Å². The minimum atomic E-state index is -4.49. The second-order valence-electron chi connectivity index (χ2n) is 24.0. The summed E-state index contributed by atoms with van der Waals surface area (Å²) in [5.74, 6) is 1.45. The van der Waals surface area contributed by atoms with Gasteiger partial charge in [-0.1, -0.05) is 0 Å². The Morgan fingerprint density at radius 3 is 0.959 bits per heavy atom. The van der Waals surface area contributed by atoms with E-state index in [0.717, 1.165) is 11.8 Å². The van der Waals surface area contributed by atoms with Crippen LogP contribution in [0.5, 0.6) is 0 Å². The molecule has 2 unspecified atom stereocenters. The Hall–Kier alpha value is -6.18. The number of fused-ring (bicyclic) bond motifs is 6. The molecule has 14 rings (SSSR count). The molecular weight excluding hydrogens is 984 g/mol. The van der Waals surface area contributed by atoms with Crippen molar-refractivity contribution in [2.45, 2.75) is 80.7 Å². The number of hydrogen-bond donors (Lipinski definition) is 0. The first-order valence-corrected chi connectivity index (χ1v) is 41.7. The Labute approximate surface area is 440 Å². The van der Waals surface area contributed by atoms with Gasteiger partial charge >= 0.3 is 444 Å². The molecule has 2 heteroatoms. The van der Waals surface area contributed by atoms with E-state index in [1.807, 2.05) is 0 Å². The van der Waals surface area contributed by atoms with Crippen LogP contribution in [0.4, 0.5) is 0 Å². The molecule has 4 aliphatic rings. The van der Waals surface area contributed by atoms with Gasteiger partial charge < -0.3 is 0 Å². The van der Waals surface area contributed by atoms with Gasteiger partial charge in [0.15, 0.2) is 0 Å². The molecule has 10 aromatic rings. The fourth-order valence-corrected chi connectivity index (χ4v) is 35.2. The molecule has 2 saturated carbocycles. The summed E-state index contributed by atoms with van der Waals surface area (Å²) < 4.78 is 6.61. The molecule has 2 fully saturated rings. The summed E-state index contributed by atoms with van der Waals surface area (Å²) in [5.41, 5.74) is 20.8. The van der Waals surface area contributed by atoms with Crippen molar-refractivity contribution in [2.75, 3.05) is 0 Å². The van der Waals surface area contributed by atoms with Gasteiger partial charge in [0.1, 0.15) is 0 Å². The molecule has 0 amide bonds. The van der Waals surface area contributed by atoms with Crippen molar-refractivity contribution in [1.29, 1.82) is 0 Å². The van der Waals surface area contributed by atoms with E-state index >= 15 is 0 Å². The molecule has 0 aliphatic heterocycles. The first-order valence-electron chi connectivity index (χ1n) is 28.0. The molecule has 0 nitrogen and oxygen atoms in total. The van der Waals surface area contributed by atoms with Crippen molar-refractivity contribution in [2.24, 2.45) is 11.8 Å². The van der Waals surface area contributed by atoms with E-state index in [2.05, 4.69) is 222 Å². The molecule has 0 bridgehead atoms. The van der Waals surface area contributed by atoms with Crippen LogP contribution in [-0.4, -0.2) is 6.88 Å². The maximum absolute atomic E-state index is 4.49. The quantitative estimate of drug-likeness (QED) is 0.120. The van der Waals surface area contributed by atoms with E-state index in [4.69, 9.17) is 0 Å². The van der Waals surface area contributed by atoms with Crippen LogP contribution >= 0.6 is 0 Å². The van der Waals surface area contributed by atoms with Crippen LogP contribution in [0.25, 0.3) is 99.7 Å². The van der Waals surface area contributed by atoms with Crippen molar-refractivity contribution >= 4 is 62.1 Å². The monoisotopic (exact) mass is 1050 g/mol. The number of allylic oxidation sites excluding steroid dienone is 2. The SMILES string of the molecule is [CH3][Zr]([CH3])(=[SiH2])([CH]1C(CC2CCCC2)=Cc2c(-c3cccc4ccccc34)ccc(-c3cccc4ccccc34)c21)[CH]1C(CC2CCCC2)=Cc2c(-c3cccc4ccccc34)ccc(-c3cccc4ccccc34)c21. The van der Waals surface area contributed by atoms with E-state index in [9.17, 15) is 0 Å². The molecule has 362 valence electrons. The zero-order valence-electron chi connectivity index (χ0n) is 43.2. The average molecular weight is 1050 g/mol. The fourth-order valence-electron chi connectivity index (χ4n) is 15.7. The first-order chi connectivity index (χ1) is 36.3. The summed E-state index contributed by atoms with van der Waals surface area (Å²) >= 11 is -4.49. The van der Waals surface area contributed by atoms with E-state index < -0.39 is 17.4 Å². The summed E-state index contributed by atoms with van der Waals surface area (Å²) in [5, 5.41) is 10.6. The normalized spacial score (nSPS) is 18.1. The van der Waals surface area contributed by atoms with Gasteiger partial charge in [-0.3, -0.25) is 0 Å². The zero-order valence-corrected chi connectivity index (χ0v) is 47.1. The van der Waals surface area contributed by atoms with Gasteiger partial charge in [-0.15, -0.1) is 0 Å². The predicted molar refractivity (Wildman–Crippen MR) is 320 cm³/mol. The Kier molecular flexibility index (Phi) is 11.5. The predicted octanol–water partition coefficient (Wildman–Crippen LogP) is 20.0. The van der Waals surface area contributed by atoms with Crippen molar-refractivity contribution in [3.8, 4) is 44.5 Å². The molecule has 0 aromatic heterocycles. The van der Waals surface area contributed by atoms with E-state index in [1.54, 1.807) is 22.3 Å². The Morgan fingerprint density at radius 1 is 0.338 bits per heavy atom. The molecular formula is C72H66SiZr. The van der Waals surface area contributed by atoms with Gasteiger partial charge in [0.2, 0.25) is 0 Å². The van der Waals surface area contributed by atoms with Gasteiger partial charge in [-0.25, -0.2) is 0 Å². The van der Waals surface area contributed by atoms with Crippen LogP contribution in [0.1, 0.15) is 93.7 Å². The van der Waals surface area contributed by atoms with Crippen LogP contribution in [0.3, 0.4) is 0 Å². The molecule has 4 aliphatic carbocycles. The first kappa shape index (κ1) is 46.4. The molecule has 0 radical (unpaired) electrons. The van der Waals surface area contributed by atoms with Crippen LogP contribution in [0, 0.1) is 11.8 Å². The van der Waals surface area contributed by atoms with Gasteiger partial charge in [0.05, 0.1) is 0 Å². The third-order valence-electron chi connectivity index (χ3n) is 18.8. The second-order valence-corrected chi connectivity index (χ2v) is 54.5. The van der Waals surface area contributed by atoms with Gasteiger partial charge in [-0.2, -0.15) is 0 Å². The summed E-state index contributed by atoms with van der Waals surface area (Å²) in [4.78, 5) is 0.